The van der Waals surface area contributed by atoms with Crippen LogP contribution in [0.2, 0.25) is 0 Å². The van der Waals surface area contributed by atoms with Crippen molar-refractivity contribution in [1.82, 2.24) is 0 Å². The largest absolute Gasteiger partial charge is 0.206 e. The van der Waals surface area contributed by atoms with Gasteiger partial charge in [0.25, 0.3) is 0 Å². The van der Waals surface area contributed by atoms with E-state index in [1.54, 1.807) is 6.07 Å². The summed E-state index contributed by atoms with van der Waals surface area (Å²) in [6, 6.07) is 5.15. The summed E-state index contributed by atoms with van der Waals surface area (Å²) in [6.07, 6.45) is 0. The summed E-state index contributed by atoms with van der Waals surface area (Å²) >= 11 is 3.72. The van der Waals surface area contributed by atoms with Crippen molar-refractivity contribution in [2.75, 3.05) is 5.75 Å². The highest BCUT2D eigenvalue weighted by atomic mass is 127. The first-order valence-electron chi connectivity index (χ1n) is 3.32. The Hall–Kier alpha value is 0.230. The summed E-state index contributed by atoms with van der Waals surface area (Å²) in [4.78, 5) is 0.749. The molecule has 0 saturated carbocycles. The van der Waals surface area contributed by atoms with Crippen molar-refractivity contribution in [1.29, 1.82) is 0 Å². The molecular formula is C8H8FIS. The van der Waals surface area contributed by atoms with E-state index in [9.17, 15) is 4.39 Å². The summed E-state index contributed by atoms with van der Waals surface area (Å²) in [7, 11) is 0. The Morgan fingerprint density at radius 3 is 2.91 bits per heavy atom. The van der Waals surface area contributed by atoms with Gasteiger partial charge in [-0.1, -0.05) is 6.92 Å². The monoisotopic (exact) mass is 282 g/mol. The Bertz CT molecular complexity index is 250. The average molecular weight is 282 g/mol. The molecule has 0 aliphatic carbocycles. The molecule has 0 aromatic heterocycles. The predicted molar refractivity (Wildman–Crippen MR) is 55.5 cm³/mol. The third-order valence-corrected chi connectivity index (χ3v) is 2.78. The van der Waals surface area contributed by atoms with E-state index >= 15 is 0 Å². The fourth-order valence-corrected chi connectivity index (χ4v) is 2.17. The van der Waals surface area contributed by atoms with Crippen LogP contribution in [0, 0.1) is 9.39 Å². The van der Waals surface area contributed by atoms with Crippen LogP contribution < -0.4 is 0 Å². The molecule has 0 saturated heterocycles. The van der Waals surface area contributed by atoms with Crippen LogP contribution in [0.5, 0.6) is 0 Å². The Balaban J connectivity index is 2.93. The van der Waals surface area contributed by atoms with Crippen molar-refractivity contribution in [3.63, 3.8) is 0 Å². The lowest BCUT2D eigenvalue weighted by Gasteiger charge is -2.00. The molecule has 3 heteroatoms. The van der Waals surface area contributed by atoms with E-state index in [1.165, 1.54) is 17.8 Å². The van der Waals surface area contributed by atoms with Crippen molar-refractivity contribution in [3.8, 4) is 0 Å². The maximum Gasteiger partial charge on any atom is 0.136 e. The molecule has 0 amide bonds. The number of hydrogen-bond acceptors (Lipinski definition) is 1. The number of hydrogen-bond donors (Lipinski definition) is 0. The molecule has 1 aromatic rings. The van der Waals surface area contributed by atoms with Crippen LogP contribution in [0.4, 0.5) is 4.39 Å². The predicted octanol–water partition coefficient (Wildman–Crippen LogP) is 3.54. The van der Waals surface area contributed by atoms with E-state index in [1.807, 2.05) is 13.0 Å². The van der Waals surface area contributed by atoms with Gasteiger partial charge in [0.15, 0.2) is 0 Å². The first-order valence-corrected chi connectivity index (χ1v) is 5.38. The molecule has 0 aliphatic rings. The molecule has 0 spiro atoms. The molecular weight excluding hydrogens is 274 g/mol. The zero-order valence-electron chi connectivity index (χ0n) is 6.10. The van der Waals surface area contributed by atoms with E-state index in [0.717, 1.165) is 14.2 Å². The molecule has 0 unspecified atom stereocenters. The van der Waals surface area contributed by atoms with E-state index < -0.39 is 0 Å². The van der Waals surface area contributed by atoms with Gasteiger partial charge in [-0.25, -0.2) is 4.39 Å². The summed E-state index contributed by atoms with van der Waals surface area (Å²) in [5.74, 6) is 0.800. The SMILES string of the molecule is CCSc1cc(I)ccc1F. The topological polar surface area (TPSA) is 0 Å². The second-order valence-electron chi connectivity index (χ2n) is 2.01. The Morgan fingerprint density at radius 1 is 1.55 bits per heavy atom. The van der Waals surface area contributed by atoms with Crippen LogP contribution in [0.25, 0.3) is 0 Å². The first kappa shape index (κ1) is 9.32. The van der Waals surface area contributed by atoms with E-state index in [-0.39, 0.29) is 5.82 Å². The van der Waals surface area contributed by atoms with Gasteiger partial charge in [-0.05, 0) is 46.5 Å². The molecule has 60 valence electrons. The fourth-order valence-electron chi connectivity index (χ4n) is 0.743. The number of rotatable bonds is 2. The van der Waals surface area contributed by atoms with E-state index in [2.05, 4.69) is 22.6 Å². The molecule has 0 atom stereocenters. The van der Waals surface area contributed by atoms with Crippen molar-refractivity contribution < 1.29 is 4.39 Å². The smallest absolute Gasteiger partial charge is 0.136 e. The molecule has 0 aliphatic heterocycles. The lowest BCUT2D eigenvalue weighted by atomic mass is 10.3. The van der Waals surface area contributed by atoms with Crippen molar-refractivity contribution in [2.24, 2.45) is 0 Å². The molecule has 1 rings (SSSR count). The normalized spacial score (nSPS) is 10.1. The summed E-state index contributed by atoms with van der Waals surface area (Å²) < 4.78 is 14.0. The minimum Gasteiger partial charge on any atom is -0.206 e. The third kappa shape index (κ3) is 2.63. The summed E-state index contributed by atoms with van der Waals surface area (Å²) in [6.45, 7) is 2.02. The highest BCUT2D eigenvalue weighted by molar-refractivity contribution is 14.1. The second kappa shape index (κ2) is 4.30. The van der Waals surface area contributed by atoms with Crippen molar-refractivity contribution in [2.45, 2.75) is 11.8 Å². The maximum atomic E-state index is 12.9. The van der Waals surface area contributed by atoms with Crippen LogP contribution in [0.1, 0.15) is 6.92 Å². The number of halogens is 2. The maximum absolute atomic E-state index is 12.9. The molecule has 0 radical (unpaired) electrons. The van der Waals surface area contributed by atoms with Crippen molar-refractivity contribution in [3.05, 3.63) is 27.6 Å². The van der Waals surface area contributed by atoms with E-state index in [4.69, 9.17) is 0 Å². The van der Waals surface area contributed by atoms with Gasteiger partial charge in [0, 0.05) is 8.47 Å². The van der Waals surface area contributed by atoms with Gasteiger partial charge in [0.2, 0.25) is 0 Å². The minimum atomic E-state index is -0.114. The van der Waals surface area contributed by atoms with Gasteiger partial charge in [-0.15, -0.1) is 11.8 Å². The minimum absolute atomic E-state index is 0.114. The number of thioether (sulfide) groups is 1. The van der Waals surface area contributed by atoms with Gasteiger partial charge in [-0.2, -0.15) is 0 Å². The molecule has 0 heterocycles. The van der Waals surface area contributed by atoms with Gasteiger partial charge in [0.05, 0.1) is 0 Å². The highest BCUT2D eigenvalue weighted by Crippen LogP contribution is 2.23. The zero-order valence-corrected chi connectivity index (χ0v) is 9.08. The summed E-state index contributed by atoms with van der Waals surface area (Å²) in [5, 5.41) is 0. The molecule has 0 N–H and O–H groups in total. The third-order valence-electron chi connectivity index (χ3n) is 1.19. The van der Waals surface area contributed by atoms with Gasteiger partial charge in [-0.3, -0.25) is 0 Å². The lowest BCUT2D eigenvalue weighted by Crippen LogP contribution is -1.82. The molecule has 0 bridgehead atoms. The number of benzene rings is 1. The Kier molecular flexibility index (Phi) is 3.65. The zero-order chi connectivity index (χ0) is 8.27. The van der Waals surface area contributed by atoms with Crippen LogP contribution in [0.3, 0.4) is 0 Å². The van der Waals surface area contributed by atoms with Gasteiger partial charge in [0.1, 0.15) is 5.82 Å². The van der Waals surface area contributed by atoms with Crippen LogP contribution in [-0.2, 0) is 0 Å². The second-order valence-corrected chi connectivity index (χ2v) is 4.56. The first-order chi connectivity index (χ1) is 5.24. The van der Waals surface area contributed by atoms with Gasteiger partial charge >= 0.3 is 0 Å². The van der Waals surface area contributed by atoms with E-state index in [0.29, 0.717) is 0 Å². The average Bonchev–Trinajstić information content (AvgIpc) is 1.98. The van der Waals surface area contributed by atoms with Crippen LogP contribution >= 0.6 is 34.4 Å². The van der Waals surface area contributed by atoms with Crippen molar-refractivity contribution >= 4 is 34.4 Å². The van der Waals surface area contributed by atoms with Crippen LogP contribution in [0.15, 0.2) is 23.1 Å². The van der Waals surface area contributed by atoms with Gasteiger partial charge < -0.3 is 0 Å². The summed E-state index contributed by atoms with van der Waals surface area (Å²) in [5.41, 5.74) is 0. The van der Waals surface area contributed by atoms with Crippen LogP contribution in [-0.4, -0.2) is 5.75 Å². The Morgan fingerprint density at radius 2 is 2.27 bits per heavy atom. The fraction of sp³-hybridized carbons (Fsp3) is 0.250. The quantitative estimate of drug-likeness (QED) is 0.590. The highest BCUT2D eigenvalue weighted by Gasteiger charge is 2.00. The molecule has 0 fully saturated rings. The molecule has 11 heavy (non-hydrogen) atoms. The standard InChI is InChI=1S/C8H8FIS/c1-2-11-8-5-6(10)3-4-7(8)9/h3-5H,2H2,1H3. The lowest BCUT2D eigenvalue weighted by molar-refractivity contribution is 0.601. The molecule has 1 aromatic carbocycles. The molecule has 0 nitrogen and oxygen atoms in total. The Labute approximate surface area is 83.7 Å².